The first-order valence-electron chi connectivity index (χ1n) is 6.08. The summed E-state index contributed by atoms with van der Waals surface area (Å²) in [7, 11) is 0. The van der Waals surface area contributed by atoms with E-state index in [1.807, 2.05) is 12.1 Å². The summed E-state index contributed by atoms with van der Waals surface area (Å²) in [6, 6.07) is 8.15. The smallest absolute Gasteiger partial charge is 0.388 e. The van der Waals surface area contributed by atoms with Crippen LogP contribution in [0.4, 0.5) is 0 Å². The maximum absolute atomic E-state index is 11.2. The molecule has 0 spiro atoms. The van der Waals surface area contributed by atoms with Crippen molar-refractivity contribution in [2.75, 3.05) is 6.61 Å². The van der Waals surface area contributed by atoms with Crippen LogP contribution in [0.25, 0.3) is 0 Å². The van der Waals surface area contributed by atoms with Gasteiger partial charge in [-0.05, 0) is 59.9 Å². The monoisotopic (exact) mass is 370 g/mol. The molecule has 0 aliphatic rings. The molecule has 0 fully saturated rings. The summed E-state index contributed by atoms with van der Waals surface area (Å²) in [4.78, 5) is 22.2. The number of benzene rings is 1. The Kier molecular flexibility index (Phi) is 7.19. The van der Waals surface area contributed by atoms with Crippen LogP contribution in [-0.4, -0.2) is 18.4 Å². The first-order valence-corrected chi connectivity index (χ1v) is 7.16. The molecule has 0 heterocycles. The molecular formula is C15H15IO3. The maximum atomic E-state index is 11.2. The molecule has 0 N–H and O–H groups in total. The summed E-state index contributed by atoms with van der Waals surface area (Å²) in [5.74, 6) is 3.38. The number of rotatable bonds is 5. The molecule has 1 aromatic rings. The quantitative estimate of drug-likeness (QED) is 0.200. The summed E-state index contributed by atoms with van der Waals surface area (Å²) in [6.07, 6.45) is 2.38. The zero-order chi connectivity index (χ0) is 14.1. The molecule has 0 aromatic heterocycles. The van der Waals surface area contributed by atoms with Crippen molar-refractivity contribution in [1.29, 1.82) is 0 Å². The van der Waals surface area contributed by atoms with Crippen LogP contribution in [0.2, 0.25) is 0 Å². The minimum Gasteiger partial charge on any atom is -0.459 e. The van der Waals surface area contributed by atoms with E-state index in [9.17, 15) is 9.59 Å². The highest BCUT2D eigenvalue weighted by Crippen LogP contribution is 2.13. The van der Waals surface area contributed by atoms with Gasteiger partial charge in [-0.2, -0.15) is 0 Å². The molecule has 3 nitrogen and oxygen atoms in total. The van der Waals surface area contributed by atoms with Crippen molar-refractivity contribution >= 4 is 34.3 Å². The summed E-state index contributed by atoms with van der Waals surface area (Å²) in [6.45, 7) is 1.85. The predicted octanol–water partition coefficient (Wildman–Crippen LogP) is 2.75. The van der Waals surface area contributed by atoms with E-state index in [0.717, 1.165) is 12.8 Å². The highest BCUT2D eigenvalue weighted by molar-refractivity contribution is 14.1. The zero-order valence-electron chi connectivity index (χ0n) is 10.7. The van der Waals surface area contributed by atoms with Gasteiger partial charge in [0.25, 0.3) is 0 Å². The Balaban J connectivity index is 2.34. The molecule has 0 radical (unpaired) electrons. The standard InChI is InChI=1S/C15H15IO3/c1-2-19-15(18)14(17)11-5-3-4-8-12-9-6-7-10-13(12)16/h6-7,9-10H,2-4,8H2,1H3. The van der Waals surface area contributed by atoms with Crippen molar-refractivity contribution < 1.29 is 14.3 Å². The third kappa shape index (κ3) is 5.88. The van der Waals surface area contributed by atoms with E-state index in [1.54, 1.807) is 6.92 Å². The molecule has 0 amide bonds. The van der Waals surface area contributed by atoms with E-state index in [4.69, 9.17) is 0 Å². The molecule has 0 saturated carbocycles. The lowest BCUT2D eigenvalue weighted by Crippen LogP contribution is -2.15. The maximum Gasteiger partial charge on any atom is 0.388 e. The molecule has 19 heavy (non-hydrogen) atoms. The van der Waals surface area contributed by atoms with Crippen LogP contribution >= 0.6 is 22.6 Å². The predicted molar refractivity (Wildman–Crippen MR) is 81.5 cm³/mol. The highest BCUT2D eigenvalue weighted by Gasteiger charge is 2.10. The van der Waals surface area contributed by atoms with Gasteiger partial charge in [0.2, 0.25) is 0 Å². The molecule has 0 aliphatic heterocycles. The molecule has 0 saturated heterocycles. The average molecular weight is 370 g/mol. The number of unbranched alkanes of at least 4 members (excludes halogenated alkanes) is 1. The lowest BCUT2D eigenvalue weighted by atomic mass is 10.1. The number of carbonyl (C=O) groups is 2. The van der Waals surface area contributed by atoms with Crippen molar-refractivity contribution in [3.63, 3.8) is 0 Å². The van der Waals surface area contributed by atoms with E-state index < -0.39 is 11.8 Å². The van der Waals surface area contributed by atoms with Crippen molar-refractivity contribution in [3.05, 3.63) is 33.4 Å². The van der Waals surface area contributed by atoms with Gasteiger partial charge in [0.1, 0.15) is 0 Å². The third-order valence-electron chi connectivity index (χ3n) is 2.37. The number of Topliss-reactive ketones (excluding diaryl/α,β-unsaturated/α-hetero) is 1. The first kappa shape index (κ1) is 15.7. The summed E-state index contributed by atoms with van der Waals surface area (Å²) >= 11 is 2.30. The summed E-state index contributed by atoms with van der Waals surface area (Å²) in [5.41, 5.74) is 1.28. The average Bonchev–Trinajstić information content (AvgIpc) is 2.40. The van der Waals surface area contributed by atoms with Crippen molar-refractivity contribution in [2.24, 2.45) is 0 Å². The van der Waals surface area contributed by atoms with Crippen LogP contribution in [0.15, 0.2) is 24.3 Å². The van der Waals surface area contributed by atoms with Crippen molar-refractivity contribution in [2.45, 2.75) is 26.2 Å². The molecule has 0 unspecified atom stereocenters. The number of carbonyl (C=O) groups excluding carboxylic acids is 2. The minimum absolute atomic E-state index is 0.193. The molecule has 1 rings (SSSR count). The SMILES string of the molecule is CCOC(=O)C(=O)C#CCCCc1ccccc1I. The Hall–Kier alpha value is -1.35. The molecule has 100 valence electrons. The van der Waals surface area contributed by atoms with Crippen LogP contribution in [0.1, 0.15) is 25.3 Å². The normalized spacial score (nSPS) is 9.37. The van der Waals surface area contributed by atoms with E-state index in [0.29, 0.717) is 6.42 Å². The van der Waals surface area contributed by atoms with Gasteiger partial charge in [-0.1, -0.05) is 24.1 Å². The second kappa shape index (κ2) is 8.70. The van der Waals surface area contributed by atoms with Gasteiger partial charge in [0.15, 0.2) is 0 Å². The minimum atomic E-state index is -0.868. The topological polar surface area (TPSA) is 43.4 Å². The van der Waals surface area contributed by atoms with Crippen LogP contribution in [-0.2, 0) is 20.7 Å². The number of hydrogen-bond acceptors (Lipinski definition) is 3. The molecular weight excluding hydrogens is 355 g/mol. The Morgan fingerprint density at radius 3 is 2.74 bits per heavy atom. The number of ketones is 1. The van der Waals surface area contributed by atoms with E-state index in [2.05, 4.69) is 51.3 Å². The lowest BCUT2D eigenvalue weighted by Gasteiger charge is -2.01. The van der Waals surface area contributed by atoms with Gasteiger partial charge in [0, 0.05) is 9.99 Å². The lowest BCUT2D eigenvalue weighted by molar-refractivity contribution is -0.150. The Labute approximate surface area is 126 Å². The van der Waals surface area contributed by atoms with Gasteiger partial charge < -0.3 is 4.74 Å². The molecule has 1 aromatic carbocycles. The molecule has 0 aliphatic carbocycles. The fraction of sp³-hybridized carbons (Fsp3) is 0.333. The largest absolute Gasteiger partial charge is 0.459 e. The van der Waals surface area contributed by atoms with E-state index >= 15 is 0 Å². The first-order chi connectivity index (χ1) is 9.15. The number of aryl methyl sites for hydroxylation is 1. The van der Waals surface area contributed by atoms with Gasteiger partial charge in [0.05, 0.1) is 6.61 Å². The number of halogens is 1. The fourth-order valence-corrected chi connectivity index (χ4v) is 2.12. The van der Waals surface area contributed by atoms with Crippen LogP contribution < -0.4 is 0 Å². The number of hydrogen-bond donors (Lipinski definition) is 0. The van der Waals surface area contributed by atoms with Gasteiger partial charge >= 0.3 is 11.8 Å². The molecule has 4 heteroatoms. The van der Waals surface area contributed by atoms with Gasteiger partial charge in [-0.15, -0.1) is 0 Å². The Morgan fingerprint density at radius 1 is 1.32 bits per heavy atom. The fourth-order valence-electron chi connectivity index (χ4n) is 1.46. The summed E-state index contributed by atoms with van der Waals surface area (Å²) in [5, 5.41) is 0. The number of esters is 1. The second-order valence-corrected chi connectivity index (χ2v) is 4.96. The van der Waals surface area contributed by atoms with Gasteiger partial charge in [-0.3, -0.25) is 4.79 Å². The summed E-state index contributed by atoms with van der Waals surface area (Å²) < 4.78 is 5.79. The van der Waals surface area contributed by atoms with Crippen LogP contribution in [0, 0.1) is 15.4 Å². The van der Waals surface area contributed by atoms with E-state index in [-0.39, 0.29) is 6.61 Å². The number of ether oxygens (including phenoxy) is 1. The molecule has 0 atom stereocenters. The van der Waals surface area contributed by atoms with Crippen molar-refractivity contribution in [1.82, 2.24) is 0 Å². The Morgan fingerprint density at radius 2 is 2.05 bits per heavy atom. The molecule has 0 bridgehead atoms. The van der Waals surface area contributed by atoms with E-state index in [1.165, 1.54) is 9.13 Å². The van der Waals surface area contributed by atoms with Crippen molar-refractivity contribution in [3.8, 4) is 11.8 Å². The third-order valence-corrected chi connectivity index (χ3v) is 3.42. The highest BCUT2D eigenvalue weighted by atomic mass is 127. The zero-order valence-corrected chi connectivity index (χ0v) is 12.9. The van der Waals surface area contributed by atoms with Gasteiger partial charge in [-0.25, -0.2) is 4.79 Å². The van der Waals surface area contributed by atoms with Crippen LogP contribution in [0.5, 0.6) is 0 Å². The second-order valence-electron chi connectivity index (χ2n) is 3.80. The Bertz CT molecular complexity index is 512. The van der Waals surface area contributed by atoms with Crippen LogP contribution in [0.3, 0.4) is 0 Å².